The van der Waals surface area contributed by atoms with E-state index in [1.54, 1.807) is 10.4 Å². The minimum Gasteiger partial charge on any atom is -0.339 e. The zero-order valence-electron chi connectivity index (χ0n) is 12.7. The van der Waals surface area contributed by atoms with Crippen LogP contribution in [0.1, 0.15) is 18.5 Å². The van der Waals surface area contributed by atoms with Gasteiger partial charge < -0.3 is 9.80 Å². The van der Waals surface area contributed by atoms with Gasteiger partial charge in [0.05, 0.1) is 29.4 Å². The van der Waals surface area contributed by atoms with E-state index in [4.69, 9.17) is 0 Å². The highest BCUT2D eigenvalue weighted by Gasteiger charge is 2.42. The van der Waals surface area contributed by atoms with E-state index in [1.807, 2.05) is 5.38 Å². The van der Waals surface area contributed by atoms with Gasteiger partial charge in [-0.15, -0.1) is 11.3 Å². The first-order chi connectivity index (χ1) is 11.3. The molecule has 132 valence electrons. The standard InChI is InChI=1S/C14H16F3N3O2S2/c15-14(16,17)24-7-12(21)19-3-9-1-2-11(5-19)20(13(9)22)4-10-6-23-8-18-10/h6,8-9,11H,1-5,7H2/t9-,11+/m0/s1. The fourth-order valence-electron chi connectivity index (χ4n) is 3.18. The maximum absolute atomic E-state index is 12.6. The van der Waals surface area contributed by atoms with Gasteiger partial charge in [0.2, 0.25) is 11.8 Å². The number of amides is 2. The molecule has 5 nitrogen and oxygen atoms in total. The average molecular weight is 379 g/mol. The second-order valence-corrected chi connectivity index (χ2v) is 7.67. The van der Waals surface area contributed by atoms with Crippen molar-refractivity contribution in [1.82, 2.24) is 14.8 Å². The molecule has 2 bridgehead atoms. The average Bonchev–Trinajstić information content (AvgIpc) is 2.88. The van der Waals surface area contributed by atoms with E-state index in [9.17, 15) is 22.8 Å². The number of nitrogens with zero attached hydrogens (tertiary/aromatic N) is 3. The van der Waals surface area contributed by atoms with Crippen LogP contribution in [-0.4, -0.2) is 57.0 Å². The van der Waals surface area contributed by atoms with Gasteiger partial charge in [-0.2, -0.15) is 13.2 Å². The van der Waals surface area contributed by atoms with Crippen LogP contribution in [0.15, 0.2) is 10.9 Å². The second-order valence-electron chi connectivity index (χ2n) is 5.91. The van der Waals surface area contributed by atoms with E-state index in [-0.39, 0.29) is 36.2 Å². The summed E-state index contributed by atoms with van der Waals surface area (Å²) in [7, 11) is 0. The summed E-state index contributed by atoms with van der Waals surface area (Å²) in [6, 6.07) is -0.155. The number of rotatable bonds is 4. The third kappa shape index (κ3) is 4.02. The molecule has 3 aliphatic rings. The van der Waals surface area contributed by atoms with Crippen molar-refractivity contribution in [2.24, 2.45) is 5.92 Å². The largest absolute Gasteiger partial charge is 0.442 e. The Labute approximate surface area is 145 Å². The molecule has 0 unspecified atom stereocenters. The van der Waals surface area contributed by atoms with E-state index < -0.39 is 17.2 Å². The molecule has 0 aromatic carbocycles. The van der Waals surface area contributed by atoms with Gasteiger partial charge in [0.15, 0.2) is 0 Å². The number of carbonyl (C=O) groups is 2. The highest BCUT2D eigenvalue weighted by atomic mass is 32.2. The van der Waals surface area contributed by atoms with Gasteiger partial charge in [0.1, 0.15) is 0 Å². The quantitative estimate of drug-likeness (QED) is 0.806. The van der Waals surface area contributed by atoms with Crippen LogP contribution in [-0.2, 0) is 16.1 Å². The summed E-state index contributed by atoms with van der Waals surface area (Å²) in [5, 5.41) is 1.87. The number of hydrogen-bond acceptors (Lipinski definition) is 5. The molecule has 1 aromatic heterocycles. The predicted molar refractivity (Wildman–Crippen MR) is 84.3 cm³/mol. The minimum absolute atomic E-state index is 0.0296. The third-order valence-electron chi connectivity index (χ3n) is 4.32. The number of thiazole rings is 1. The van der Waals surface area contributed by atoms with Crippen molar-refractivity contribution in [3.8, 4) is 0 Å². The lowest BCUT2D eigenvalue weighted by Crippen LogP contribution is -2.47. The Morgan fingerprint density at radius 1 is 1.38 bits per heavy atom. The number of piperidine rings is 1. The molecular formula is C14H16F3N3O2S2. The fourth-order valence-corrected chi connectivity index (χ4v) is 4.20. The Hall–Kier alpha value is -1.29. The lowest BCUT2D eigenvalue weighted by Gasteiger charge is -2.35. The lowest BCUT2D eigenvalue weighted by molar-refractivity contribution is -0.140. The van der Waals surface area contributed by atoms with Crippen molar-refractivity contribution in [2.75, 3.05) is 18.8 Å². The normalized spacial score (nSPS) is 24.4. The molecule has 3 saturated heterocycles. The summed E-state index contributed by atoms with van der Waals surface area (Å²) >= 11 is 1.12. The number of aromatic nitrogens is 1. The molecule has 2 atom stereocenters. The molecule has 0 radical (unpaired) electrons. The van der Waals surface area contributed by atoms with Gasteiger partial charge in [-0.3, -0.25) is 9.59 Å². The molecule has 10 heteroatoms. The molecule has 0 N–H and O–H groups in total. The fraction of sp³-hybridized carbons (Fsp3) is 0.643. The van der Waals surface area contributed by atoms with Crippen molar-refractivity contribution in [1.29, 1.82) is 0 Å². The Morgan fingerprint density at radius 2 is 2.17 bits per heavy atom. The summed E-state index contributed by atoms with van der Waals surface area (Å²) in [5.74, 6) is -1.55. The number of halogens is 3. The summed E-state index contributed by atoms with van der Waals surface area (Å²) in [6.45, 7) is 0.895. The van der Waals surface area contributed by atoms with E-state index in [0.29, 0.717) is 19.5 Å². The van der Waals surface area contributed by atoms with Crippen molar-refractivity contribution in [3.05, 3.63) is 16.6 Å². The number of alkyl halides is 3. The van der Waals surface area contributed by atoms with Gasteiger partial charge in [-0.25, -0.2) is 4.98 Å². The maximum Gasteiger partial charge on any atom is 0.442 e. The predicted octanol–water partition coefficient (Wildman–Crippen LogP) is 2.35. The maximum atomic E-state index is 12.6. The topological polar surface area (TPSA) is 53.5 Å². The van der Waals surface area contributed by atoms with Crippen LogP contribution in [0.3, 0.4) is 0 Å². The monoisotopic (exact) mass is 379 g/mol. The van der Waals surface area contributed by atoms with Crippen LogP contribution in [0.4, 0.5) is 13.2 Å². The first-order valence-electron chi connectivity index (χ1n) is 7.49. The number of carbonyl (C=O) groups excluding carboxylic acids is 2. The van der Waals surface area contributed by atoms with Crippen LogP contribution < -0.4 is 0 Å². The SMILES string of the molecule is O=C(CSC(F)(F)F)N1C[C@@H]2CC[C@H](C1)N(Cc1cscn1)C2=O. The van der Waals surface area contributed by atoms with E-state index in [2.05, 4.69) is 4.98 Å². The van der Waals surface area contributed by atoms with Gasteiger partial charge in [0.25, 0.3) is 0 Å². The second kappa shape index (κ2) is 6.91. The Kier molecular flexibility index (Phi) is 5.05. The number of fused-ring (bicyclic) bond motifs is 4. The van der Waals surface area contributed by atoms with E-state index in [1.165, 1.54) is 16.2 Å². The van der Waals surface area contributed by atoms with Crippen LogP contribution >= 0.6 is 23.1 Å². The molecule has 24 heavy (non-hydrogen) atoms. The minimum atomic E-state index is -4.42. The van der Waals surface area contributed by atoms with Gasteiger partial charge in [-0.05, 0) is 24.6 Å². The first-order valence-corrected chi connectivity index (χ1v) is 9.42. The van der Waals surface area contributed by atoms with Gasteiger partial charge >= 0.3 is 5.51 Å². The highest BCUT2D eigenvalue weighted by Crippen LogP contribution is 2.33. The van der Waals surface area contributed by atoms with Crippen LogP contribution in [0.2, 0.25) is 0 Å². The Morgan fingerprint density at radius 3 is 2.83 bits per heavy atom. The molecule has 1 aromatic rings. The molecule has 0 saturated carbocycles. The smallest absolute Gasteiger partial charge is 0.339 e. The van der Waals surface area contributed by atoms with Crippen molar-refractivity contribution >= 4 is 34.9 Å². The summed E-state index contributed by atoms with van der Waals surface area (Å²) in [6.07, 6.45) is 1.43. The van der Waals surface area contributed by atoms with Gasteiger partial charge in [0, 0.05) is 24.5 Å². The molecule has 4 heterocycles. The first kappa shape index (κ1) is 17.5. The number of thioether (sulfide) groups is 1. The zero-order valence-corrected chi connectivity index (χ0v) is 14.3. The van der Waals surface area contributed by atoms with Crippen molar-refractivity contribution in [2.45, 2.75) is 30.9 Å². The van der Waals surface area contributed by atoms with Crippen molar-refractivity contribution in [3.63, 3.8) is 0 Å². The van der Waals surface area contributed by atoms with Crippen LogP contribution in [0, 0.1) is 5.92 Å². The van der Waals surface area contributed by atoms with Crippen molar-refractivity contribution < 1.29 is 22.8 Å². The molecule has 0 spiro atoms. The molecule has 3 aliphatic heterocycles. The molecular weight excluding hydrogens is 363 g/mol. The molecule has 4 rings (SSSR count). The van der Waals surface area contributed by atoms with E-state index in [0.717, 1.165) is 12.1 Å². The van der Waals surface area contributed by atoms with Crippen LogP contribution in [0.25, 0.3) is 0 Å². The Bertz CT molecular complexity index is 609. The molecule has 2 amide bonds. The highest BCUT2D eigenvalue weighted by molar-refractivity contribution is 8.00. The van der Waals surface area contributed by atoms with Crippen LogP contribution in [0.5, 0.6) is 0 Å². The number of hydrogen-bond donors (Lipinski definition) is 0. The lowest BCUT2D eigenvalue weighted by atomic mass is 9.94. The molecule has 3 fully saturated rings. The zero-order chi connectivity index (χ0) is 17.3. The molecule has 0 aliphatic carbocycles. The summed E-state index contributed by atoms with van der Waals surface area (Å²) < 4.78 is 36.9. The van der Waals surface area contributed by atoms with Gasteiger partial charge in [-0.1, -0.05) is 0 Å². The Balaban J connectivity index is 1.68. The summed E-state index contributed by atoms with van der Waals surface area (Å²) in [5.41, 5.74) is -1.93. The van der Waals surface area contributed by atoms with E-state index >= 15 is 0 Å². The summed E-state index contributed by atoms with van der Waals surface area (Å²) in [4.78, 5) is 32.0. The third-order valence-corrected chi connectivity index (χ3v) is 5.68.